The molecule has 0 heterocycles. The molecule has 0 N–H and O–H groups in total. The van der Waals surface area contributed by atoms with E-state index in [1.165, 1.54) is 12.8 Å². The van der Waals surface area contributed by atoms with E-state index in [4.69, 9.17) is 0 Å². The Hall–Kier alpha value is -0.830. The Balaban J connectivity index is 2.11. The molecule has 1 aliphatic rings. The summed E-state index contributed by atoms with van der Waals surface area (Å²) in [5.74, 6) is 0.885. The first-order valence-corrected chi connectivity index (χ1v) is 7.81. The maximum absolute atomic E-state index is 12.5. The summed E-state index contributed by atoms with van der Waals surface area (Å²) in [6.45, 7) is 4.30. The number of amides is 1. The number of carbonyl (C=O) groups excluding carboxylic acids is 1. The molecule has 1 aromatic rings. The Bertz CT molecular complexity index is 472. The van der Waals surface area contributed by atoms with Crippen molar-refractivity contribution in [2.45, 2.75) is 45.6 Å². The monoisotopic (exact) mass is 323 g/mol. The molecule has 2 atom stereocenters. The highest BCUT2D eigenvalue weighted by molar-refractivity contribution is 9.10. The average Bonchev–Trinajstić information content (AvgIpc) is 2.40. The second kappa shape index (κ2) is 6.08. The van der Waals surface area contributed by atoms with Crippen LogP contribution in [0.1, 0.15) is 48.5 Å². The highest BCUT2D eigenvalue weighted by Crippen LogP contribution is 2.28. The number of hydrogen-bond acceptors (Lipinski definition) is 1. The van der Waals surface area contributed by atoms with Gasteiger partial charge in [-0.05, 0) is 49.4 Å². The van der Waals surface area contributed by atoms with Crippen molar-refractivity contribution < 1.29 is 4.79 Å². The van der Waals surface area contributed by atoms with Crippen LogP contribution in [0.3, 0.4) is 0 Å². The zero-order chi connectivity index (χ0) is 14.0. The van der Waals surface area contributed by atoms with Gasteiger partial charge in [0.25, 0.3) is 5.91 Å². The molecule has 104 valence electrons. The Morgan fingerprint density at radius 2 is 2.11 bits per heavy atom. The third kappa shape index (κ3) is 3.38. The van der Waals surface area contributed by atoms with Gasteiger partial charge >= 0.3 is 0 Å². The maximum atomic E-state index is 12.5. The van der Waals surface area contributed by atoms with E-state index in [1.54, 1.807) is 0 Å². The smallest absolute Gasteiger partial charge is 0.253 e. The van der Waals surface area contributed by atoms with Crippen LogP contribution in [-0.2, 0) is 0 Å². The molecule has 0 saturated heterocycles. The van der Waals surface area contributed by atoms with Crippen LogP contribution in [0.5, 0.6) is 0 Å². The van der Waals surface area contributed by atoms with Crippen LogP contribution in [0, 0.1) is 12.8 Å². The summed E-state index contributed by atoms with van der Waals surface area (Å²) >= 11 is 3.48. The zero-order valence-corrected chi connectivity index (χ0v) is 13.5. The Labute approximate surface area is 124 Å². The van der Waals surface area contributed by atoms with E-state index in [0.717, 1.165) is 34.4 Å². The van der Waals surface area contributed by atoms with Gasteiger partial charge in [0.05, 0.1) is 0 Å². The summed E-state index contributed by atoms with van der Waals surface area (Å²) in [6, 6.07) is 6.23. The van der Waals surface area contributed by atoms with E-state index in [2.05, 4.69) is 22.9 Å². The predicted octanol–water partition coefficient (Wildman–Crippen LogP) is 4.41. The first-order valence-electron chi connectivity index (χ1n) is 7.02. The molecule has 3 heteroatoms. The van der Waals surface area contributed by atoms with Crippen LogP contribution in [0.25, 0.3) is 0 Å². The standard InChI is InChI=1S/C16H22BrNO/c1-11-5-4-6-14(9-11)18(3)16(19)13-7-8-15(17)12(2)10-13/h7-8,10-11,14H,4-6,9H2,1-3H3. The molecule has 2 unspecified atom stereocenters. The minimum atomic E-state index is 0.148. The molecule has 0 radical (unpaired) electrons. The first kappa shape index (κ1) is 14.6. The van der Waals surface area contributed by atoms with E-state index in [1.807, 2.05) is 37.1 Å². The lowest BCUT2D eigenvalue weighted by atomic mass is 9.86. The molecule has 0 spiro atoms. The van der Waals surface area contributed by atoms with Crippen molar-refractivity contribution in [1.29, 1.82) is 0 Å². The molecular weight excluding hydrogens is 302 g/mol. The van der Waals surface area contributed by atoms with E-state index >= 15 is 0 Å². The fourth-order valence-electron chi connectivity index (χ4n) is 2.90. The topological polar surface area (TPSA) is 20.3 Å². The number of aryl methyl sites for hydroxylation is 1. The summed E-state index contributed by atoms with van der Waals surface area (Å²) in [4.78, 5) is 14.5. The lowest BCUT2D eigenvalue weighted by molar-refractivity contribution is 0.0672. The highest BCUT2D eigenvalue weighted by Gasteiger charge is 2.26. The molecule has 19 heavy (non-hydrogen) atoms. The van der Waals surface area contributed by atoms with Gasteiger partial charge in [-0.15, -0.1) is 0 Å². The number of carbonyl (C=O) groups is 1. The van der Waals surface area contributed by atoms with Crippen molar-refractivity contribution in [3.63, 3.8) is 0 Å². The van der Waals surface area contributed by atoms with Crippen LogP contribution in [-0.4, -0.2) is 23.9 Å². The maximum Gasteiger partial charge on any atom is 0.253 e. The normalized spacial score (nSPS) is 23.2. The summed E-state index contributed by atoms with van der Waals surface area (Å²) in [5.41, 5.74) is 1.90. The highest BCUT2D eigenvalue weighted by atomic mass is 79.9. The summed E-state index contributed by atoms with van der Waals surface area (Å²) in [7, 11) is 1.95. The van der Waals surface area contributed by atoms with Crippen molar-refractivity contribution in [3.8, 4) is 0 Å². The van der Waals surface area contributed by atoms with Crippen molar-refractivity contribution in [2.24, 2.45) is 5.92 Å². The predicted molar refractivity (Wildman–Crippen MR) is 82.4 cm³/mol. The Morgan fingerprint density at radius 1 is 1.37 bits per heavy atom. The van der Waals surface area contributed by atoms with Crippen LogP contribution < -0.4 is 0 Å². The van der Waals surface area contributed by atoms with Crippen molar-refractivity contribution in [1.82, 2.24) is 4.90 Å². The molecule has 0 aromatic heterocycles. The van der Waals surface area contributed by atoms with Crippen LogP contribution in [0.2, 0.25) is 0 Å². The fraction of sp³-hybridized carbons (Fsp3) is 0.562. The number of rotatable bonds is 2. The van der Waals surface area contributed by atoms with Gasteiger partial charge in [0.1, 0.15) is 0 Å². The van der Waals surface area contributed by atoms with Gasteiger partial charge in [-0.25, -0.2) is 0 Å². The van der Waals surface area contributed by atoms with Gasteiger partial charge < -0.3 is 4.90 Å². The van der Waals surface area contributed by atoms with Gasteiger partial charge in [0, 0.05) is 23.1 Å². The van der Waals surface area contributed by atoms with Gasteiger partial charge in [0.15, 0.2) is 0 Å². The van der Waals surface area contributed by atoms with E-state index in [-0.39, 0.29) is 5.91 Å². The SMILES string of the molecule is Cc1cc(C(=O)N(C)C2CCCC(C)C2)ccc1Br. The van der Waals surface area contributed by atoms with Crippen LogP contribution in [0.15, 0.2) is 22.7 Å². The lowest BCUT2D eigenvalue weighted by Gasteiger charge is -2.34. The zero-order valence-electron chi connectivity index (χ0n) is 11.9. The molecule has 0 aliphatic heterocycles. The third-order valence-corrected chi connectivity index (χ3v) is 5.07. The summed E-state index contributed by atoms with van der Waals surface area (Å²) in [5, 5.41) is 0. The second-order valence-electron chi connectivity index (χ2n) is 5.81. The quantitative estimate of drug-likeness (QED) is 0.789. The molecule has 2 rings (SSSR count). The second-order valence-corrected chi connectivity index (χ2v) is 6.66. The Kier molecular flexibility index (Phi) is 4.67. The van der Waals surface area contributed by atoms with Crippen molar-refractivity contribution in [3.05, 3.63) is 33.8 Å². The Morgan fingerprint density at radius 3 is 2.74 bits per heavy atom. The van der Waals surface area contributed by atoms with Gasteiger partial charge in [-0.2, -0.15) is 0 Å². The van der Waals surface area contributed by atoms with Gasteiger partial charge in [-0.1, -0.05) is 35.7 Å². The summed E-state index contributed by atoms with van der Waals surface area (Å²) in [6.07, 6.45) is 4.82. The number of hydrogen-bond donors (Lipinski definition) is 0. The molecule has 1 amide bonds. The fourth-order valence-corrected chi connectivity index (χ4v) is 3.15. The van der Waals surface area contributed by atoms with Gasteiger partial charge in [0.2, 0.25) is 0 Å². The third-order valence-electron chi connectivity index (χ3n) is 4.18. The van der Waals surface area contributed by atoms with Gasteiger partial charge in [-0.3, -0.25) is 4.79 Å². The molecular formula is C16H22BrNO. The average molecular weight is 324 g/mol. The molecule has 0 bridgehead atoms. The molecule has 1 aliphatic carbocycles. The number of halogens is 1. The van der Waals surface area contributed by atoms with E-state index in [9.17, 15) is 4.79 Å². The molecule has 1 aromatic carbocycles. The summed E-state index contributed by atoms with van der Waals surface area (Å²) < 4.78 is 1.05. The largest absolute Gasteiger partial charge is 0.339 e. The van der Waals surface area contributed by atoms with Crippen molar-refractivity contribution in [2.75, 3.05) is 7.05 Å². The van der Waals surface area contributed by atoms with Crippen LogP contribution in [0.4, 0.5) is 0 Å². The number of benzene rings is 1. The molecule has 2 nitrogen and oxygen atoms in total. The van der Waals surface area contributed by atoms with E-state index < -0.39 is 0 Å². The van der Waals surface area contributed by atoms with Crippen molar-refractivity contribution >= 4 is 21.8 Å². The lowest BCUT2D eigenvalue weighted by Crippen LogP contribution is -2.39. The minimum absolute atomic E-state index is 0.148. The molecule has 1 fully saturated rings. The minimum Gasteiger partial charge on any atom is -0.339 e. The number of nitrogens with zero attached hydrogens (tertiary/aromatic N) is 1. The van der Waals surface area contributed by atoms with Crippen LogP contribution >= 0.6 is 15.9 Å². The first-order chi connectivity index (χ1) is 8.99. The van der Waals surface area contributed by atoms with E-state index in [0.29, 0.717) is 6.04 Å². The molecule has 1 saturated carbocycles.